The minimum atomic E-state index is -0.452. The fourth-order valence-electron chi connectivity index (χ4n) is 4.28. The summed E-state index contributed by atoms with van der Waals surface area (Å²) in [5.74, 6) is 0.759. The SMILES string of the molecule is CCc1ccc(CC(=O)Cc2cc3ccc(OC4CCN(C)CC4)c(C)c3oc2=O)cc1. The molecule has 5 nitrogen and oxygen atoms in total. The second-order valence-electron chi connectivity index (χ2n) is 8.85. The standard InChI is InChI=1S/C27H31NO4/c1-4-19-5-7-20(8-6-19)15-23(29)17-22-16-21-9-10-25(18(2)26(21)32-27(22)30)31-24-11-13-28(3)14-12-24/h5-10,16,24H,4,11-15,17H2,1-3H3. The summed E-state index contributed by atoms with van der Waals surface area (Å²) in [5.41, 5.74) is 3.51. The van der Waals surface area contributed by atoms with Gasteiger partial charge in [-0.1, -0.05) is 31.2 Å². The van der Waals surface area contributed by atoms with E-state index in [-0.39, 0.29) is 18.3 Å². The molecule has 2 heterocycles. The number of hydrogen-bond donors (Lipinski definition) is 0. The molecule has 1 aromatic heterocycles. The first-order valence-electron chi connectivity index (χ1n) is 11.4. The van der Waals surface area contributed by atoms with Gasteiger partial charge in [-0.05, 0) is 62.6 Å². The quantitative estimate of drug-likeness (QED) is 0.514. The normalized spacial score (nSPS) is 15.2. The number of piperidine rings is 1. The van der Waals surface area contributed by atoms with E-state index in [1.165, 1.54) is 5.56 Å². The molecule has 0 bridgehead atoms. The van der Waals surface area contributed by atoms with E-state index in [0.29, 0.717) is 17.6 Å². The molecule has 2 aromatic carbocycles. The third-order valence-electron chi connectivity index (χ3n) is 6.35. The lowest BCUT2D eigenvalue weighted by atomic mass is 10.0. The molecule has 0 atom stereocenters. The molecule has 0 unspecified atom stereocenters. The maximum absolute atomic E-state index is 12.6. The maximum atomic E-state index is 12.6. The summed E-state index contributed by atoms with van der Waals surface area (Å²) < 4.78 is 11.9. The molecule has 0 N–H and O–H groups in total. The van der Waals surface area contributed by atoms with Crippen LogP contribution in [0.1, 0.15) is 42.0 Å². The van der Waals surface area contributed by atoms with Crippen LogP contribution in [0, 0.1) is 6.92 Å². The van der Waals surface area contributed by atoms with E-state index < -0.39 is 5.63 Å². The number of hydrogen-bond acceptors (Lipinski definition) is 5. The first kappa shape index (κ1) is 22.3. The molecule has 168 valence electrons. The summed E-state index contributed by atoms with van der Waals surface area (Å²) in [7, 11) is 2.12. The van der Waals surface area contributed by atoms with Crippen molar-refractivity contribution >= 4 is 16.8 Å². The summed E-state index contributed by atoms with van der Waals surface area (Å²) in [6.07, 6.45) is 3.50. The van der Waals surface area contributed by atoms with Crippen molar-refractivity contribution in [2.75, 3.05) is 20.1 Å². The average Bonchev–Trinajstić information content (AvgIpc) is 2.79. The molecule has 0 saturated carbocycles. The van der Waals surface area contributed by atoms with Crippen LogP contribution >= 0.6 is 0 Å². The number of nitrogens with zero attached hydrogens (tertiary/aromatic N) is 1. The zero-order chi connectivity index (χ0) is 22.7. The number of benzene rings is 2. The Labute approximate surface area is 189 Å². The summed E-state index contributed by atoms with van der Waals surface area (Å²) in [6, 6.07) is 13.7. The molecule has 4 rings (SSSR count). The van der Waals surface area contributed by atoms with Gasteiger partial charge in [-0.15, -0.1) is 0 Å². The number of ether oxygens (including phenoxy) is 1. The van der Waals surface area contributed by atoms with Gasteiger partial charge in [-0.2, -0.15) is 0 Å². The lowest BCUT2D eigenvalue weighted by Gasteiger charge is -2.29. The molecule has 0 aliphatic carbocycles. The predicted octanol–water partition coefficient (Wildman–Crippen LogP) is 4.49. The van der Waals surface area contributed by atoms with Crippen LogP contribution in [-0.2, 0) is 24.1 Å². The summed E-state index contributed by atoms with van der Waals surface area (Å²) >= 11 is 0. The van der Waals surface area contributed by atoms with E-state index in [0.717, 1.165) is 54.6 Å². The van der Waals surface area contributed by atoms with Crippen molar-refractivity contribution < 1.29 is 13.9 Å². The molecule has 1 aliphatic rings. The summed E-state index contributed by atoms with van der Waals surface area (Å²) in [5, 5.41) is 0.813. The van der Waals surface area contributed by atoms with E-state index in [9.17, 15) is 9.59 Å². The largest absolute Gasteiger partial charge is 0.490 e. The van der Waals surface area contributed by atoms with Crippen LogP contribution in [0.5, 0.6) is 5.75 Å². The fraction of sp³-hybridized carbons (Fsp3) is 0.407. The Balaban J connectivity index is 1.49. The highest BCUT2D eigenvalue weighted by Crippen LogP contribution is 2.29. The van der Waals surface area contributed by atoms with Crippen LogP contribution in [0.15, 0.2) is 51.7 Å². The highest BCUT2D eigenvalue weighted by Gasteiger charge is 2.20. The van der Waals surface area contributed by atoms with Crippen LogP contribution in [0.2, 0.25) is 0 Å². The Bertz CT molecular complexity index is 1150. The van der Waals surface area contributed by atoms with Crippen LogP contribution in [0.3, 0.4) is 0 Å². The van der Waals surface area contributed by atoms with Crippen molar-refractivity contribution in [3.05, 3.63) is 75.1 Å². The number of aryl methyl sites for hydroxylation is 2. The first-order valence-corrected chi connectivity index (χ1v) is 11.4. The smallest absolute Gasteiger partial charge is 0.339 e. The summed E-state index contributed by atoms with van der Waals surface area (Å²) in [4.78, 5) is 27.5. The minimum Gasteiger partial charge on any atom is -0.490 e. The Morgan fingerprint density at radius 3 is 2.44 bits per heavy atom. The van der Waals surface area contributed by atoms with E-state index in [4.69, 9.17) is 9.15 Å². The van der Waals surface area contributed by atoms with Gasteiger partial charge in [0.05, 0.1) is 0 Å². The molecule has 5 heteroatoms. The third kappa shape index (κ3) is 5.10. The molecule has 1 saturated heterocycles. The van der Waals surface area contributed by atoms with Crippen molar-refractivity contribution in [1.82, 2.24) is 4.90 Å². The number of carbonyl (C=O) groups is 1. The number of fused-ring (bicyclic) bond motifs is 1. The number of likely N-dealkylation sites (tertiary alicyclic amines) is 1. The number of ketones is 1. The number of Topliss-reactive ketones (excluding diaryl/α,β-unsaturated/α-hetero) is 1. The molecule has 0 spiro atoms. The monoisotopic (exact) mass is 433 g/mol. The Hall–Kier alpha value is -2.92. The van der Waals surface area contributed by atoms with E-state index in [1.54, 1.807) is 6.07 Å². The van der Waals surface area contributed by atoms with Crippen molar-refractivity contribution in [1.29, 1.82) is 0 Å². The van der Waals surface area contributed by atoms with E-state index in [2.05, 4.69) is 18.9 Å². The van der Waals surface area contributed by atoms with Gasteiger partial charge in [0, 0.05) is 42.4 Å². The fourth-order valence-corrected chi connectivity index (χ4v) is 4.28. The molecular weight excluding hydrogens is 402 g/mol. The number of rotatable bonds is 7. The van der Waals surface area contributed by atoms with Crippen LogP contribution < -0.4 is 10.4 Å². The van der Waals surface area contributed by atoms with Crippen molar-refractivity contribution in [2.24, 2.45) is 0 Å². The van der Waals surface area contributed by atoms with Gasteiger partial charge in [-0.3, -0.25) is 4.79 Å². The van der Waals surface area contributed by atoms with Crippen molar-refractivity contribution in [3.8, 4) is 5.75 Å². The predicted molar refractivity (Wildman–Crippen MR) is 127 cm³/mol. The highest BCUT2D eigenvalue weighted by atomic mass is 16.5. The molecule has 32 heavy (non-hydrogen) atoms. The lowest BCUT2D eigenvalue weighted by Crippen LogP contribution is -2.35. The molecule has 1 aliphatic heterocycles. The molecule has 1 fully saturated rings. The zero-order valence-electron chi connectivity index (χ0n) is 19.1. The Morgan fingerprint density at radius 1 is 1.06 bits per heavy atom. The Morgan fingerprint density at radius 2 is 1.75 bits per heavy atom. The van der Waals surface area contributed by atoms with Gasteiger partial charge in [0.25, 0.3) is 0 Å². The second kappa shape index (κ2) is 9.70. The van der Waals surface area contributed by atoms with E-state index in [1.807, 2.05) is 43.3 Å². The second-order valence-corrected chi connectivity index (χ2v) is 8.85. The van der Waals surface area contributed by atoms with Gasteiger partial charge in [-0.25, -0.2) is 4.79 Å². The van der Waals surface area contributed by atoms with Gasteiger partial charge < -0.3 is 14.1 Å². The first-order chi connectivity index (χ1) is 15.4. The topological polar surface area (TPSA) is 59.8 Å². The summed E-state index contributed by atoms with van der Waals surface area (Å²) in [6.45, 7) is 6.06. The maximum Gasteiger partial charge on any atom is 0.339 e. The van der Waals surface area contributed by atoms with Crippen LogP contribution in [0.4, 0.5) is 0 Å². The zero-order valence-corrected chi connectivity index (χ0v) is 19.1. The van der Waals surface area contributed by atoms with E-state index >= 15 is 0 Å². The third-order valence-corrected chi connectivity index (χ3v) is 6.35. The van der Waals surface area contributed by atoms with Crippen LogP contribution in [0.25, 0.3) is 11.0 Å². The molecule has 0 amide bonds. The lowest BCUT2D eigenvalue weighted by molar-refractivity contribution is -0.117. The van der Waals surface area contributed by atoms with Gasteiger partial charge in [0.1, 0.15) is 23.2 Å². The highest BCUT2D eigenvalue weighted by molar-refractivity contribution is 5.86. The van der Waals surface area contributed by atoms with Crippen molar-refractivity contribution in [2.45, 2.75) is 52.1 Å². The Kier molecular flexibility index (Phi) is 6.75. The average molecular weight is 434 g/mol. The number of carbonyl (C=O) groups excluding carboxylic acids is 1. The van der Waals surface area contributed by atoms with Crippen molar-refractivity contribution in [3.63, 3.8) is 0 Å². The van der Waals surface area contributed by atoms with Gasteiger partial charge in [0.15, 0.2) is 0 Å². The molecule has 3 aromatic rings. The minimum absolute atomic E-state index is 0.000148. The van der Waals surface area contributed by atoms with Gasteiger partial charge in [0.2, 0.25) is 0 Å². The van der Waals surface area contributed by atoms with Crippen LogP contribution in [-0.4, -0.2) is 36.9 Å². The molecule has 0 radical (unpaired) electrons. The van der Waals surface area contributed by atoms with Gasteiger partial charge >= 0.3 is 5.63 Å². The molecular formula is C27H31NO4.